The molecule has 0 spiro atoms. The molecule has 2 unspecified atom stereocenters. The third kappa shape index (κ3) is 2.88. The van der Waals surface area contributed by atoms with Crippen molar-refractivity contribution < 1.29 is 23.0 Å². The summed E-state index contributed by atoms with van der Waals surface area (Å²) in [5.74, 6) is -0.688. The fourth-order valence-corrected chi connectivity index (χ4v) is 2.78. The van der Waals surface area contributed by atoms with E-state index in [0.29, 0.717) is 4.60 Å². The topological polar surface area (TPSA) is 124 Å². The fourth-order valence-electron chi connectivity index (χ4n) is 2.50. The smallest absolute Gasteiger partial charge is 0.396 e. The van der Waals surface area contributed by atoms with E-state index < -0.39 is 24.3 Å². The molecule has 3 heterocycles. The molecule has 1 amide bonds. The van der Waals surface area contributed by atoms with Gasteiger partial charge in [0.2, 0.25) is 0 Å². The van der Waals surface area contributed by atoms with Crippen LogP contribution in [0.15, 0.2) is 39.5 Å². The minimum atomic E-state index is -3.69. The van der Waals surface area contributed by atoms with Crippen LogP contribution in [0.1, 0.15) is 10.5 Å². The van der Waals surface area contributed by atoms with Crippen molar-refractivity contribution >= 4 is 33.6 Å². The van der Waals surface area contributed by atoms with E-state index >= 15 is 0 Å². The van der Waals surface area contributed by atoms with E-state index in [4.69, 9.17) is 5.73 Å². The Labute approximate surface area is 147 Å². The average Bonchev–Trinajstić information content (AvgIpc) is 3.03. The molecule has 12 heteroatoms. The molecule has 9 nitrogen and oxygen atoms in total. The number of nitrogens with two attached hydrogens (primary N) is 1. The first-order chi connectivity index (χ1) is 11.8. The zero-order valence-electron chi connectivity index (χ0n) is 12.2. The van der Waals surface area contributed by atoms with E-state index in [1.54, 1.807) is 0 Å². The second kappa shape index (κ2) is 5.37. The minimum Gasteiger partial charge on any atom is -0.396 e. The summed E-state index contributed by atoms with van der Waals surface area (Å²) in [6.45, 7) is 0. The number of fused-ring (bicyclic) bond motifs is 2. The number of nitrogen functional groups attached to an aromatic ring is 1. The van der Waals surface area contributed by atoms with Crippen LogP contribution in [-0.4, -0.2) is 40.2 Å². The fraction of sp³-hybridized carbons (Fsp3) is 0.231. The lowest BCUT2D eigenvalue weighted by Crippen LogP contribution is -2.43. The molecule has 130 valence electrons. The van der Waals surface area contributed by atoms with Gasteiger partial charge in [0.1, 0.15) is 4.60 Å². The lowest BCUT2D eigenvalue weighted by Gasteiger charge is -2.16. The van der Waals surface area contributed by atoms with Gasteiger partial charge in [-0.25, -0.2) is 15.0 Å². The quantitative estimate of drug-likeness (QED) is 0.615. The molecule has 0 saturated carbocycles. The van der Waals surface area contributed by atoms with Crippen molar-refractivity contribution in [3.05, 3.63) is 40.2 Å². The van der Waals surface area contributed by atoms with Crippen LogP contribution < -0.4 is 16.4 Å². The Balaban J connectivity index is 1.51. The number of nitrogens with one attached hydrogen (secondary N) is 2. The summed E-state index contributed by atoms with van der Waals surface area (Å²) in [4.78, 5) is 24.2. The van der Waals surface area contributed by atoms with Crippen LogP contribution in [0.4, 0.5) is 14.6 Å². The van der Waals surface area contributed by atoms with Crippen molar-refractivity contribution in [2.45, 2.75) is 18.4 Å². The molecule has 25 heavy (non-hydrogen) atoms. The maximum absolute atomic E-state index is 13.1. The number of guanidine groups is 1. The molecule has 1 aromatic heterocycles. The van der Waals surface area contributed by atoms with Crippen molar-refractivity contribution in [3.8, 4) is 0 Å². The summed E-state index contributed by atoms with van der Waals surface area (Å²) >= 11 is 3.10. The number of amides is 1. The number of alkyl halides is 2. The summed E-state index contributed by atoms with van der Waals surface area (Å²) in [7, 11) is 0. The number of anilines is 1. The molecule has 2 atom stereocenters. The van der Waals surface area contributed by atoms with Crippen LogP contribution in [0.2, 0.25) is 0 Å². The maximum atomic E-state index is 13.1. The van der Waals surface area contributed by atoms with Crippen molar-refractivity contribution in [1.29, 1.82) is 0 Å². The highest BCUT2D eigenvalue weighted by atomic mass is 79.9. The highest BCUT2D eigenvalue weighted by Crippen LogP contribution is 2.39. The summed E-state index contributed by atoms with van der Waals surface area (Å²) in [6.07, 6.45) is 0.476. The van der Waals surface area contributed by atoms with Crippen LogP contribution in [0, 0.1) is 0 Å². The molecule has 0 radical (unpaired) electrons. The second-order valence-corrected chi connectivity index (χ2v) is 6.06. The predicted octanol–water partition coefficient (Wildman–Crippen LogP) is 0.626. The van der Waals surface area contributed by atoms with E-state index in [1.165, 1.54) is 18.3 Å². The van der Waals surface area contributed by atoms with Gasteiger partial charge < -0.3 is 20.5 Å². The molecule has 0 bridgehead atoms. The first-order valence-corrected chi connectivity index (χ1v) is 7.73. The second-order valence-electron chi connectivity index (χ2n) is 5.25. The van der Waals surface area contributed by atoms with Gasteiger partial charge in [-0.2, -0.15) is 0 Å². The van der Waals surface area contributed by atoms with E-state index in [0.717, 1.165) is 0 Å². The molecule has 1 saturated heterocycles. The third-order valence-electron chi connectivity index (χ3n) is 3.52. The van der Waals surface area contributed by atoms with Gasteiger partial charge in [0.15, 0.2) is 29.0 Å². The number of carbonyl (C=O) groups is 1. The normalized spacial score (nSPS) is 25.3. The first kappa shape index (κ1) is 15.7. The Morgan fingerprint density at radius 2 is 2.08 bits per heavy atom. The van der Waals surface area contributed by atoms with Crippen molar-refractivity contribution in [3.63, 3.8) is 0 Å². The molecule has 1 fully saturated rings. The Bertz CT molecular complexity index is 871. The largest absolute Gasteiger partial charge is 0.586 e. The Hall–Kier alpha value is -2.76. The average molecular weight is 415 g/mol. The van der Waals surface area contributed by atoms with Crippen molar-refractivity contribution in [2.24, 2.45) is 4.99 Å². The Morgan fingerprint density at radius 1 is 1.36 bits per heavy atom. The van der Waals surface area contributed by atoms with Gasteiger partial charge >= 0.3 is 6.29 Å². The summed E-state index contributed by atoms with van der Waals surface area (Å²) in [5.41, 5.74) is 5.55. The third-order valence-corrected chi connectivity index (χ3v) is 3.90. The predicted molar refractivity (Wildman–Crippen MR) is 83.0 cm³/mol. The molecule has 1 aromatic rings. The number of hydrogen-bond acceptors (Lipinski definition) is 8. The van der Waals surface area contributed by atoms with E-state index in [2.05, 4.69) is 51.0 Å². The van der Waals surface area contributed by atoms with Crippen LogP contribution in [0.25, 0.3) is 0 Å². The highest BCUT2D eigenvalue weighted by Gasteiger charge is 2.48. The van der Waals surface area contributed by atoms with Crippen molar-refractivity contribution in [1.82, 2.24) is 20.6 Å². The summed E-state index contributed by atoms with van der Waals surface area (Å²) in [5, 5.41) is 5.39. The SMILES string of the molecule is Nc1ncc(Br)nc1C(=O)NC1=NC2C=C3OC(F)(F)OC3=CC2N1. The van der Waals surface area contributed by atoms with Gasteiger partial charge in [0.05, 0.1) is 18.3 Å². The van der Waals surface area contributed by atoms with Gasteiger partial charge in [-0.1, -0.05) is 0 Å². The standard InChI is InChI=1S/C13H9BrF2N6O3/c14-8-3-18-10(17)9(21-8)11(23)22-12-19-4-1-6-7(2-5(4)20-12)25-13(15,16)24-6/h1-5H,(H2,17,18)(H2,19,20,22,23). The molecule has 4 N–H and O–H groups in total. The summed E-state index contributed by atoms with van der Waals surface area (Å²) < 4.78 is 35.3. The van der Waals surface area contributed by atoms with Crippen LogP contribution in [-0.2, 0) is 9.47 Å². The van der Waals surface area contributed by atoms with Crippen LogP contribution >= 0.6 is 15.9 Å². The molecule has 1 aliphatic carbocycles. The Morgan fingerprint density at radius 3 is 2.84 bits per heavy atom. The number of aliphatic imine (C=N–C) groups is 1. The molecular weight excluding hydrogens is 406 g/mol. The van der Waals surface area contributed by atoms with Gasteiger partial charge in [-0.15, -0.1) is 8.78 Å². The number of aromatic nitrogens is 2. The van der Waals surface area contributed by atoms with Gasteiger partial charge in [0, 0.05) is 0 Å². The number of halogens is 3. The van der Waals surface area contributed by atoms with Gasteiger partial charge in [-0.05, 0) is 28.1 Å². The van der Waals surface area contributed by atoms with Crippen molar-refractivity contribution in [2.75, 3.05) is 5.73 Å². The monoisotopic (exact) mass is 414 g/mol. The molecule has 4 rings (SSSR count). The highest BCUT2D eigenvalue weighted by molar-refractivity contribution is 9.10. The van der Waals surface area contributed by atoms with Crippen LogP contribution in [0.5, 0.6) is 0 Å². The lowest BCUT2D eigenvalue weighted by molar-refractivity contribution is -0.326. The number of hydrogen-bond donors (Lipinski definition) is 3. The maximum Gasteiger partial charge on any atom is 0.586 e. The molecule has 3 aliphatic rings. The Kier molecular flexibility index (Phi) is 3.39. The zero-order chi connectivity index (χ0) is 17.8. The lowest BCUT2D eigenvalue weighted by atomic mass is 10.0. The number of nitrogens with zero attached hydrogens (tertiary/aromatic N) is 3. The van der Waals surface area contributed by atoms with Gasteiger partial charge in [0.25, 0.3) is 5.91 Å². The van der Waals surface area contributed by atoms with E-state index in [-0.39, 0.29) is 29.0 Å². The minimum absolute atomic E-state index is 0.0421. The van der Waals surface area contributed by atoms with Crippen LogP contribution in [0.3, 0.4) is 0 Å². The zero-order valence-corrected chi connectivity index (χ0v) is 13.8. The van der Waals surface area contributed by atoms with Gasteiger partial charge in [-0.3, -0.25) is 10.1 Å². The van der Waals surface area contributed by atoms with E-state index in [9.17, 15) is 13.6 Å². The summed E-state index contributed by atoms with van der Waals surface area (Å²) in [6, 6.07) is -0.991. The molecule has 0 aromatic carbocycles. The van der Waals surface area contributed by atoms with E-state index in [1.807, 2.05) is 0 Å². The first-order valence-electron chi connectivity index (χ1n) is 6.94. The number of ether oxygens (including phenoxy) is 2. The molecular formula is C13H9BrF2N6O3. The molecule has 2 aliphatic heterocycles. The number of rotatable bonds is 1. The number of carbonyl (C=O) groups excluding carboxylic acids is 1.